The first kappa shape index (κ1) is 11.5. The van der Waals surface area contributed by atoms with Crippen LogP contribution in [-0.2, 0) is 20.1 Å². The van der Waals surface area contributed by atoms with Crippen LogP contribution in [0.2, 0.25) is 0 Å². The zero-order valence-corrected chi connectivity index (χ0v) is 20.4. The summed E-state index contributed by atoms with van der Waals surface area (Å²) >= 11 is 1.58. The zero-order chi connectivity index (χ0) is 35.5. The molecule has 6 rings (SSSR count). The van der Waals surface area contributed by atoms with Crippen molar-refractivity contribution in [2.45, 2.75) is 13.7 Å². The van der Waals surface area contributed by atoms with Crippen molar-refractivity contribution >= 4 is 31.5 Å². The first-order valence-corrected chi connectivity index (χ1v) is 10.4. The van der Waals surface area contributed by atoms with Crippen LogP contribution in [0.1, 0.15) is 31.7 Å². The molecule has 2 nitrogen and oxygen atoms in total. The van der Waals surface area contributed by atoms with Gasteiger partial charge in [-0.3, -0.25) is 0 Å². The Hall–Kier alpha value is -3.17. The second-order valence-electron chi connectivity index (χ2n) is 6.66. The molecule has 1 radical (unpaired) electrons. The third-order valence-electron chi connectivity index (χ3n) is 4.54. The largest absolute Gasteiger partial charge is 0.304 e. The van der Waals surface area contributed by atoms with Crippen molar-refractivity contribution in [1.29, 1.82) is 0 Å². The third-order valence-corrected chi connectivity index (χ3v) is 5.74. The van der Waals surface area contributed by atoms with E-state index in [9.17, 15) is 0 Å². The molecule has 6 aromatic rings. The van der Waals surface area contributed by atoms with Crippen LogP contribution in [0.3, 0.4) is 0 Å². The minimum atomic E-state index is -2.78. The summed E-state index contributed by atoms with van der Waals surface area (Å²) in [4.78, 5) is 7.87. The normalized spacial score (nSPS) is 17.5. The number of rotatable bonds is 2. The van der Waals surface area contributed by atoms with E-state index in [1.807, 2.05) is 30.3 Å². The number of hydrogen-bond acceptors (Lipinski definition) is 3. The van der Waals surface area contributed by atoms with Gasteiger partial charge < -0.3 is 9.97 Å². The molecule has 0 amide bonds. The number of nitrogens with zero attached hydrogens (tertiary/aromatic N) is 2. The monoisotopic (exact) mass is 650 g/mol. The fourth-order valence-electron chi connectivity index (χ4n) is 3.09. The van der Waals surface area contributed by atoms with Crippen molar-refractivity contribution in [2.24, 2.45) is 0 Å². The summed E-state index contributed by atoms with van der Waals surface area (Å²) in [5, 5.41) is 2.16. The number of pyridine rings is 2. The van der Waals surface area contributed by atoms with Crippen LogP contribution in [0.5, 0.6) is 0 Å². The molecule has 0 N–H and O–H groups in total. The Labute approximate surface area is 238 Å². The number of hydrogen-bond donors (Lipinski definition) is 0. The maximum absolute atomic E-state index is 8.25. The zero-order valence-electron chi connectivity index (χ0n) is 32.2. The Bertz CT molecular complexity index is 2230. The van der Waals surface area contributed by atoms with Crippen LogP contribution < -0.4 is 0 Å². The van der Waals surface area contributed by atoms with E-state index in [1.54, 1.807) is 17.4 Å². The topological polar surface area (TPSA) is 25.8 Å². The molecule has 34 heavy (non-hydrogen) atoms. The molecule has 0 spiro atoms. The van der Waals surface area contributed by atoms with Crippen molar-refractivity contribution in [2.75, 3.05) is 0 Å². The molecule has 0 aliphatic carbocycles. The molecule has 3 heterocycles. The van der Waals surface area contributed by atoms with Crippen molar-refractivity contribution in [1.82, 2.24) is 9.97 Å². The van der Waals surface area contributed by atoms with Gasteiger partial charge >= 0.3 is 0 Å². The summed E-state index contributed by atoms with van der Waals surface area (Å²) < 4.78 is 116. The first-order chi connectivity index (χ1) is 22.3. The molecule has 4 heteroatoms. The summed E-state index contributed by atoms with van der Waals surface area (Å²) in [7, 11) is 0. The summed E-state index contributed by atoms with van der Waals surface area (Å²) in [6, 6.07) is 13.3. The van der Waals surface area contributed by atoms with Crippen molar-refractivity contribution in [3.8, 4) is 22.5 Å². The van der Waals surface area contributed by atoms with Crippen LogP contribution in [0, 0.1) is 25.8 Å². The standard InChI is InChI=1S/C18H12NS.C12H10N.Ir/c1-12-9-10-16(19-11-12)15-7-4-6-14-13-5-2-3-8-17(13)20-18(14)15;1-10-7-8-12(13-9-10)11-5-3-2-4-6-11;/h2-6,8-11H,1H3;2-5,7-9H,1H3;/q2*-1;/i1D3,9D,10D;1D3,2D,3D,4D,5D,7D,8D,9D;. The van der Waals surface area contributed by atoms with Crippen molar-refractivity contribution in [3.63, 3.8) is 0 Å². The smallest absolute Gasteiger partial charge is 0.0832 e. The Kier molecular flexibility index (Phi) is 3.67. The molecular formula is C30H22IrN2S-2. The van der Waals surface area contributed by atoms with Crippen LogP contribution >= 0.6 is 11.3 Å². The minimum absolute atomic E-state index is 0. The maximum atomic E-state index is 8.25. The van der Waals surface area contributed by atoms with E-state index in [-0.39, 0.29) is 54.7 Å². The molecule has 0 fully saturated rings. The van der Waals surface area contributed by atoms with Gasteiger partial charge in [0.2, 0.25) is 0 Å². The second-order valence-corrected chi connectivity index (χ2v) is 7.71. The second kappa shape index (κ2) is 10.8. The average Bonchev–Trinajstić information content (AvgIpc) is 3.39. The number of benzene rings is 3. The summed E-state index contributed by atoms with van der Waals surface area (Å²) in [6.07, 6.45) is 0.449. The van der Waals surface area contributed by atoms with E-state index in [0.29, 0.717) is 5.56 Å². The van der Waals surface area contributed by atoms with Gasteiger partial charge in [-0.05, 0) is 55.1 Å². The van der Waals surface area contributed by atoms with E-state index in [4.69, 9.17) is 20.6 Å². The molecule has 0 unspecified atom stereocenters. The summed E-state index contributed by atoms with van der Waals surface area (Å²) in [6.45, 7) is -5.24. The Morgan fingerprint density at radius 1 is 0.853 bits per heavy atom. The van der Waals surface area contributed by atoms with Crippen LogP contribution in [0.15, 0.2) is 97.1 Å². The predicted molar refractivity (Wildman–Crippen MR) is 139 cm³/mol. The fourth-order valence-corrected chi connectivity index (χ4v) is 4.29. The molecule has 0 aliphatic rings. The Morgan fingerprint density at radius 2 is 1.71 bits per heavy atom. The van der Waals surface area contributed by atoms with Gasteiger partial charge in [-0.1, -0.05) is 47.8 Å². The van der Waals surface area contributed by atoms with E-state index < -0.39 is 61.7 Å². The molecular weight excluding hydrogens is 613 g/mol. The summed E-state index contributed by atoms with van der Waals surface area (Å²) in [5.74, 6) is 0. The fraction of sp³-hybridized carbons (Fsp3) is 0.0667. The predicted octanol–water partition coefficient (Wildman–Crippen LogP) is 8.08. The first-order valence-electron chi connectivity index (χ1n) is 17.1. The van der Waals surface area contributed by atoms with Gasteiger partial charge in [-0.15, -0.1) is 59.6 Å². The molecule has 0 atom stereocenters. The van der Waals surface area contributed by atoms with Gasteiger partial charge in [0, 0.05) is 48.1 Å². The Balaban J connectivity index is 0.000000217. The molecule has 0 saturated carbocycles. The minimum Gasteiger partial charge on any atom is -0.304 e. The van der Waals surface area contributed by atoms with Gasteiger partial charge in [0.15, 0.2) is 0 Å². The van der Waals surface area contributed by atoms with Gasteiger partial charge in [0.25, 0.3) is 0 Å². The number of aromatic nitrogens is 2. The van der Waals surface area contributed by atoms with Crippen molar-refractivity contribution in [3.05, 3.63) is 120 Å². The molecule has 3 aromatic carbocycles. The average molecular weight is 650 g/mol. The number of aryl methyl sites for hydroxylation is 1. The van der Waals surface area contributed by atoms with E-state index in [0.717, 1.165) is 20.2 Å². The quantitative estimate of drug-likeness (QED) is 0.177. The number of fused-ring (bicyclic) bond motifs is 3. The van der Waals surface area contributed by atoms with E-state index >= 15 is 0 Å². The molecule has 0 aliphatic heterocycles. The van der Waals surface area contributed by atoms with Gasteiger partial charge in [-0.25, -0.2) is 0 Å². The maximum Gasteiger partial charge on any atom is 0.0832 e. The molecule has 0 bridgehead atoms. The van der Waals surface area contributed by atoms with Crippen LogP contribution in [0.25, 0.3) is 42.7 Å². The molecule has 169 valence electrons. The van der Waals surface area contributed by atoms with Crippen LogP contribution in [-0.4, -0.2) is 9.97 Å². The third kappa shape index (κ3) is 5.15. The molecule has 0 saturated heterocycles. The van der Waals surface area contributed by atoms with Crippen LogP contribution in [0.4, 0.5) is 0 Å². The summed E-state index contributed by atoms with van der Waals surface area (Å²) in [5.41, 5.74) is -0.610. The van der Waals surface area contributed by atoms with E-state index in [1.165, 1.54) is 6.20 Å². The SMILES string of the molecule is [2H]c1[c-]c(-c2nc([2H])c(C([2H])([2H])[2H])c([2H])c2[2H])c([2H])c([2H])c1[2H].[2H]c1c(C([2H])([2H])[2H])cnc(-c2[c-]ccc3c2sc2ccccc23)c1[2H].[Ir]. The number of thiophene rings is 1. The van der Waals surface area contributed by atoms with Crippen molar-refractivity contribution < 1.29 is 40.7 Å². The van der Waals surface area contributed by atoms with E-state index in [2.05, 4.69) is 22.1 Å². The van der Waals surface area contributed by atoms with Gasteiger partial charge in [0.1, 0.15) is 0 Å². The van der Waals surface area contributed by atoms with Gasteiger partial charge in [-0.2, -0.15) is 11.3 Å². The van der Waals surface area contributed by atoms with Gasteiger partial charge in [0.05, 0.1) is 6.85 Å². The Morgan fingerprint density at radius 3 is 2.62 bits per heavy atom. The molecule has 3 aromatic heterocycles.